The van der Waals surface area contributed by atoms with Gasteiger partial charge in [0.15, 0.2) is 11.5 Å². The number of fused-ring (bicyclic) bond motifs is 1. The zero-order chi connectivity index (χ0) is 23.0. The van der Waals surface area contributed by atoms with Crippen molar-refractivity contribution in [2.24, 2.45) is 0 Å². The SMILES string of the molecule is COc1cc2ncn(-c3ccc(NC(=O)n4nc(C(C)(C)C)cc4N)cc3)c2cc1OC. The van der Waals surface area contributed by atoms with E-state index in [4.69, 9.17) is 15.2 Å². The van der Waals surface area contributed by atoms with Crippen LogP contribution in [-0.4, -0.2) is 39.6 Å². The van der Waals surface area contributed by atoms with Crippen molar-refractivity contribution < 1.29 is 14.3 Å². The smallest absolute Gasteiger partial charge is 0.348 e. The van der Waals surface area contributed by atoms with E-state index in [1.54, 1.807) is 26.6 Å². The summed E-state index contributed by atoms with van der Waals surface area (Å²) in [7, 11) is 3.19. The Kier molecular flexibility index (Phi) is 5.25. The van der Waals surface area contributed by atoms with E-state index in [1.165, 1.54) is 4.68 Å². The van der Waals surface area contributed by atoms with Gasteiger partial charge in [-0.2, -0.15) is 9.78 Å². The quantitative estimate of drug-likeness (QED) is 0.498. The number of ether oxygens (including phenoxy) is 2. The Balaban J connectivity index is 1.58. The molecule has 0 aliphatic rings. The molecule has 0 aliphatic heterocycles. The van der Waals surface area contributed by atoms with Crippen LogP contribution in [0.2, 0.25) is 0 Å². The van der Waals surface area contributed by atoms with Gasteiger partial charge in [0.2, 0.25) is 0 Å². The molecule has 2 aromatic heterocycles. The average Bonchev–Trinajstić information content (AvgIpc) is 3.36. The Labute approximate surface area is 185 Å². The maximum absolute atomic E-state index is 12.7. The molecule has 0 fully saturated rings. The van der Waals surface area contributed by atoms with Crippen molar-refractivity contribution in [2.45, 2.75) is 26.2 Å². The summed E-state index contributed by atoms with van der Waals surface area (Å²) in [5.41, 5.74) is 9.69. The molecule has 0 atom stereocenters. The van der Waals surface area contributed by atoms with E-state index >= 15 is 0 Å². The van der Waals surface area contributed by atoms with Gasteiger partial charge < -0.3 is 20.5 Å². The minimum Gasteiger partial charge on any atom is -0.493 e. The van der Waals surface area contributed by atoms with Crippen molar-refractivity contribution in [3.63, 3.8) is 0 Å². The first-order valence-electron chi connectivity index (χ1n) is 10.1. The predicted octanol–water partition coefficient (Wildman–Crippen LogP) is 4.20. The van der Waals surface area contributed by atoms with E-state index in [9.17, 15) is 4.79 Å². The zero-order valence-corrected chi connectivity index (χ0v) is 18.7. The number of nitrogens with two attached hydrogens (primary N) is 1. The summed E-state index contributed by atoms with van der Waals surface area (Å²) in [6, 6.07) is 12.4. The number of hydrogen-bond acceptors (Lipinski definition) is 6. The summed E-state index contributed by atoms with van der Waals surface area (Å²) in [6.07, 6.45) is 1.73. The molecule has 4 aromatic rings. The van der Waals surface area contributed by atoms with Gasteiger partial charge in [0.1, 0.15) is 12.1 Å². The summed E-state index contributed by atoms with van der Waals surface area (Å²) in [4.78, 5) is 17.1. The van der Waals surface area contributed by atoms with Gasteiger partial charge in [-0.25, -0.2) is 9.78 Å². The molecule has 32 heavy (non-hydrogen) atoms. The van der Waals surface area contributed by atoms with Gasteiger partial charge in [-0.15, -0.1) is 0 Å². The average molecular weight is 435 g/mol. The second-order valence-corrected chi connectivity index (χ2v) is 8.40. The lowest BCUT2D eigenvalue weighted by Gasteiger charge is -2.14. The van der Waals surface area contributed by atoms with Crippen LogP contribution in [0.15, 0.2) is 48.8 Å². The van der Waals surface area contributed by atoms with Crippen LogP contribution in [0.3, 0.4) is 0 Å². The molecular weight excluding hydrogens is 408 g/mol. The number of imidazole rings is 1. The second kappa shape index (κ2) is 7.92. The van der Waals surface area contributed by atoms with E-state index in [2.05, 4.69) is 15.4 Å². The van der Waals surface area contributed by atoms with Crippen LogP contribution in [0.4, 0.5) is 16.3 Å². The van der Waals surface area contributed by atoms with Crippen LogP contribution in [0, 0.1) is 0 Å². The molecule has 1 amide bonds. The second-order valence-electron chi connectivity index (χ2n) is 8.40. The highest BCUT2D eigenvalue weighted by atomic mass is 16.5. The number of hydrogen-bond donors (Lipinski definition) is 2. The summed E-state index contributed by atoms with van der Waals surface area (Å²) < 4.78 is 13.9. The number of nitrogens with zero attached hydrogens (tertiary/aromatic N) is 4. The van der Waals surface area contributed by atoms with Crippen molar-refractivity contribution in [1.29, 1.82) is 0 Å². The van der Waals surface area contributed by atoms with Gasteiger partial charge >= 0.3 is 6.03 Å². The standard InChI is InChI=1S/C23H26N6O3/c1-23(2,3)20-12-21(24)29(27-20)22(30)26-14-6-8-15(9-7-14)28-13-25-16-10-18(31-4)19(32-5)11-17(16)28/h6-13H,24H2,1-5H3,(H,26,30). The third-order valence-corrected chi connectivity index (χ3v) is 5.15. The third-order valence-electron chi connectivity index (χ3n) is 5.15. The fraction of sp³-hybridized carbons (Fsp3) is 0.261. The monoisotopic (exact) mass is 434 g/mol. The molecule has 9 heteroatoms. The lowest BCUT2D eigenvalue weighted by atomic mass is 9.92. The molecular formula is C23H26N6O3. The van der Waals surface area contributed by atoms with Gasteiger partial charge in [0.05, 0.1) is 30.9 Å². The van der Waals surface area contributed by atoms with Gasteiger partial charge in [-0.05, 0) is 24.3 Å². The number of aromatic nitrogens is 4. The summed E-state index contributed by atoms with van der Waals surface area (Å²) in [5.74, 6) is 1.53. The lowest BCUT2D eigenvalue weighted by molar-refractivity contribution is 0.251. The van der Waals surface area contributed by atoms with Crippen LogP contribution in [0.1, 0.15) is 26.5 Å². The molecule has 0 spiro atoms. The topological polar surface area (TPSA) is 109 Å². The number of rotatable bonds is 4. The van der Waals surface area contributed by atoms with Crippen LogP contribution in [-0.2, 0) is 5.41 Å². The van der Waals surface area contributed by atoms with Crippen molar-refractivity contribution in [1.82, 2.24) is 19.3 Å². The molecule has 3 N–H and O–H groups in total. The van der Waals surface area contributed by atoms with Crippen molar-refractivity contribution in [2.75, 3.05) is 25.3 Å². The molecule has 166 valence electrons. The number of anilines is 2. The first-order valence-corrected chi connectivity index (χ1v) is 10.1. The largest absolute Gasteiger partial charge is 0.493 e. The fourth-order valence-corrected chi connectivity index (χ4v) is 3.35. The zero-order valence-electron chi connectivity index (χ0n) is 18.7. The van der Waals surface area contributed by atoms with Crippen molar-refractivity contribution >= 4 is 28.6 Å². The highest BCUT2D eigenvalue weighted by molar-refractivity contribution is 5.92. The van der Waals surface area contributed by atoms with Crippen LogP contribution in [0.25, 0.3) is 16.7 Å². The number of benzene rings is 2. The molecule has 0 radical (unpaired) electrons. The highest BCUT2D eigenvalue weighted by Crippen LogP contribution is 2.32. The van der Waals surface area contributed by atoms with Gasteiger partial charge in [-0.3, -0.25) is 4.57 Å². The Bertz CT molecular complexity index is 1280. The number of carbonyl (C=O) groups excluding carboxylic acids is 1. The summed E-state index contributed by atoms with van der Waals surface area (Å²) in [5, 5.41) is 7.17. The number of methoxy groups -OCH3 is 2. The first-order chi connectivity index (χ1) is 15.2. The van der Waals surface area contributed by atoms with E-state index in [0.717, 1.165) is 22.4 Å². The molecule has 2 heterocycles. The molecule has 0 saturated carbocycles. The maximum atomic E-state index is 12.7. The number of carbonyl (C=O) groups is 1. The van der Waals surface area contributed by atoms with Crippen LogP contribution in [0.5, 0.6) is 11.5 Å². The third kappa shape index (κ3) is 3.84. The molecule has 2 aromatic carbocycles. The Morgan fingerprint density at radius 1 is 1.03 bits per heavy atom. The van der Waals surface area contributed by atoms with Gasteiger partial charge in [0.25, 0.3) is 0 Å². The summed E-state index contributed by atoms with van der Waals surface area (Å²) >= 11 is 0. The van der Waals surface area contributed by atoms with Crippen molar-refractivity contribution in [3.8, 4) is 17.2 Å². The normalized spacial score (nSPS) is 11.5. The maximum Gasteiger partial charge on any atom is 0.348 e. The number of nitrogens with one attached hydrogen (secondary N) is 1. The van der Waals surface area contributed by atoms with E-state index in [-0.39, 0.29) is 5.41 Å². The van der Waals surface area contributed by atoms with E-state index in [0.29, 0.717) is 23.0 Å². The Morgan fingerprint density at radius 2 is 1.69 bits per heavy atom. The number of amides is 1. The van der Waals surface area contributed by atoms with Gasteiger partial charge in [0, 0.05) is 35.0 Å². The van der Waals surface area contributed by atoms with E-state index in [1.807, 2.05) is 61.7 Å². The van der Waals surface area contributed by atoms with Crippen molar-refractivity contribution in [3.05, 3.63) is 54.5 Å². The molecule has 4 rings (SSSR count). The van der Waals surface area contributed by atoms with Gasteiger partial charge in [-0.1, -0.05) is 20.8 Å². The predicted molar refractivity (Wildman–Crippen MR) is 124 cm³/mol. The summed E-state index contributed by atoms with van der Waals surface area (Å²) in [6.45, 7) is 6.05. The molecule has 0 unspecified atom stereocenters. The molecule has 0 saturated heterocycles. The lowest BCUT2D eigenvalue weighted by Crippen LogP contribution is -2.23. The Hall–Kier alpha value is -4.01. The van der Waals surface area contributed by atoms with E-state index < -0.39 is 6.03 Å². The molecule has 0 aliphatic carbocycles. The minimum absolute atomic E-state index is 0.207. The number of nitrogen functional groups attached to an aromatic ring is 1. The van der Waals surface area contributed by atoms with Crippen LogP contribution >= 0.6 is 0 Å². The molecule has 0 bridgehead atoms. The first kappa shape index (κ1) is 21.2. The minimum atomic E-state index is -0.421. The molecule has 9 nitrogen and oxygen atoms in total. The fourth-order valence-electron chi connectivity index (χ4n) is 3.35. The van der Waals surface area contributed by atoms with Crippen LogP contribution < -0.4 is 20.5 Å². The Morgan fingerprint density at radius 3 is 2.28 bits per heavy atom. The highest BCUT2D eigenvalue weighted by Gasteiger charge is 2.21.